The third kappa shape index (κ3) is 6.01. The number of hydrogen-bond donors (Lipinski definition) is 0. The SMILES string of the molecule is Cc1ncc(Br)nc1-c1cc(-c2ccc(CN(C(=O)OC(C)(C)C)C3CCOCC3)cc2)no1. The van der Waals surface area contributed by atoms with Crippen molar-refractivity contribution in [2.24, 2.45) is 0 Å². The molecule has 0 spiro atoms. The van der Waals surface area contributed by atoms with Crippen LogP contribution in [0.3, 0.4) is 0 Å². The zero-order valence-electron chi connectivity index (χ0n) is 19.9. The number of halogens is 1. The number of aryl methyl sites for hydroxylation is 1. The van der Waals surface area contributed by atoms with Gasteiger partial charge in [-0.05, 0) is 62.0 Å². The van der Waals surface area contributed by atoms with Gasteiger partial charge < -0.3 is 18.9 Å². The standard InChI is InChI=1S/C25H29BrN4O4/c1-16-23(28-22(26)14-27-16)21-13-20(29-34-21)18-7-5-17(6-8-18)15-30(19-9-11-32-12-10-19)24(31)33-25(2,3)4/h5-8,13-14,19H,9-12,15H2,1-4H3. The van der Waals surface area contributed by atoms with Crippen LogP contribution in [0.5, 0.6) is 0 Å². The average molecular weight is 529 g/mol. The minimum atomic E-state index is -0.550. The van der Waals surface area contributed by atoms with Crippen LogP contribution >= 0.6 is 15.9 Å². The van der Waals surface area contributed by atoms with E-state index in [9.17, 15) is 4.79 Å². The largest absolute Gasteiger partial charge is 0.444 e. The van der Waals surface area contributed by atoms with Crippen molar-refractivity contribution in [3.05, 3.63) is 52.4 Å². The molecule has 9 heteroatoms. The number of carbonyl (C=O) groups is 1. The highest BCUT2D eigenvalue weighted by atomic mass is 79.9. The average Bonchev–Trinajstić information content (AvgIpc) is 3.29. The summed E-state index contributed by atoms with van der Waals surface area (Å²) in [7, 11) is 0. The second-order valence-electron chi connectivity index (χ2n) is 9.35. The molecule has 1 fully saturated rings. The Hall–Kier alpha value is -2.78. The smallest absolute Gasteiger partial charge is 0.410 e. The monoisotopic (exact) mass is 528 g/mol. The summed E-state index contributed by atoms with van der Waals surface area (Å²) in [5, 5.41) is 4.21. The second-order valence-corrected chi connectivity index (χ2v) is 10.2. The van der Waals surface area contributed by atoms with Crippen LogP contribution in [0, 0.1) is 6.92 Å². The van der Waals surface area contributed by atoms with Crippen molar-refractivity contribution in [3.8, 4) is 22.7 Å². The van der Waals surface area contributed by atoms with Crippen LogP contribution in [0.15, 0.2) is 45.7 Å². The van der Waals surface area contributed by atoms with Gasteiger partial charge in [-0.1, -0.05) is 29.4 Å². The molecule has 1 aliphatic rings. The van der Waals surface area contributed by atoms with Gasteiger partial charge >= 0.3 is 6.09 Å². The molecule has 1 saturated heterocycles. The van der Waals surface area contributed by atoms with Gasteiger partial charge in [0.25, 0.3) is 0 Å². The van der Waals surface area contributed by atoms with Crippen molar-refractivity contribution < 1.29 is 18.8 Å². The minimum absolute atomic E-state index is 0.0934. The van der Waals surface area contributed by atoms with Gasteiger partial charge in [-0.2, -0.15) is 0 Å². The Kier molecular flexibility index (Phi) is 7.33. The van der Waals surface area contributed by atoms with Crippen LogP contribution in [0.4, 0.5) is 4.79 Å². The maximum absolute atomic E-state index is 13.0. The predicted octanol–water partition coefficient (Wildman–Crippen LogP) is 5.79. The first-order valence-corrected chi connectivity index (χ1v) is 12.1. The number of hydrogen-bond acceptors (Lipinski definition) is 7. The van der Waals surface area contributed by atoms with Gasteiger partial charge in [-0.3, -0.25) is 4.98 Å². The van der Waals surface area contributed by atoms with E-state index in [-0.39, 0.29) is 12.1 Å². The lowest BCUT2D eigenvalue weighted by atomic mass is 10.0. The Morgan fingerprint density at radius 3 is 2.59 bits per heavy atom. The molecule has 1 aliphatic heterocycles. The minimum Gasteiger partial charge on any atom is -0.444 e. The van der Waals surface area contributed by atoms with E-state index in [0.29, 0.717) is 41.5 Å². The third-order valence-corrected chi connectivity index (χ3v) is 5.91. The molecule has 2 aromatic heterocycles. The summed E-state index contributed by atoms with van der Waals surface area (Å²) in [6.07, 6.45) is 2.96. The van der Waals surface area contributed by atoms with Crippen molar-refractivity contribution in [3.63, 3.8) is 0 Å². The van der Waals surface area contributed by atoms with E-state index in [2.05, 4.69) is 31.1 Å². The van der Waals surface area contributed by atoms with Crippen LogP contribution in [-0.2, 0) is 16.0 Å². The number of carbonyl (C=O) groups excluding carboxylic acids is 1. The van der Waals surface area contributed by atoms with E-state index in [1.807, 2.05) is 62.9 Å². The molecule has 34 heavy (non-hydrogen) atoms. The summed E-state index contributed by atoms with van der Waals surface area (Å²) in [4.78, 5) is 23.5. The first kappa shape index (κ1) is 24.3. The van der Waals surface area contributed by atoms with Crippen LogP contribution in [0.1, 0.15) is 44.9 Å². The summed E-state index contributed by atoms with van der Waals surface area (Å²) < 4.78 is 17.4. The molecule has 0 radical (unpaired) electrons. The van der Waals surface area contributed by atoms with Crippen LogP contribution in [0.25, 0.3) is 22.7 Å². The number of aromatic nitrogens is 3. The molecule has 4 rings (SSSR count). The molecular weight excluding hydrogens is 500 g/mol. The summed E-state index contributed by atoms with van der Waals surface area (Å²) >= 11 is 3.35. The quantitative estimate of drug-likeness (QED) is 0.414. The van der Waals surface area contributed by atoms with Gasteiger partial charge in [0, 0.05) is 37.4 Å². The lowest BCUT2D eigenvalue weighted by Gasteiger charge is -2.35. The zero-order valence-corrected chi connectivity index (χ0v) is 21.5. The van der Waals surface area contributed by atoms with Crippen LogP contribution in [0.2, 0.25) is 0 Å². The second kappa shape index (κ2) is 10.2. The molecule has 0 N–H and O–H groups in total. The van der Waals surface area contributed by atoms with E-state index >= 15 is 0 Å². The van der Waals surface area contributed by atoms with Gasteiger partial charge in [0.1, 0.15) is 21.6 Å². The molecule has 8 nitrogen and oxygen atoms in total. The van der Waals surface area contributed by atoms with Gasteiger partial charge in [-0.15, -0.1) is 0 Å². The molecule has 3 heterocycles. The molecule has 1 amide bonds. The van der Waals surface area contributed by atoms with Crippen molar-refractivity contribution >= 4 is 22.0 Å². The molecule has 0 bridgehead atoms. The lowest BCUT2D eigenvalue weighted by molar-refractivity contribution is -0.00808. The Balaban J connectivity index is 1.51. The van der Waals surface area contributed by atoms with E-state index in [1.165, 1.54) is 0 Å². The molecule has 0 atom stereocenters. The van der Waals surface area contributed by atoms with Crippen LogP contribution < -0.4 is 0 Å². The van der Waals surface area contributed by atoms with Gasteiger partial charge in [0.15, 0.2) is 5.76 Å². The van der Waals surface area contributed by atoms with Crippen molar-refractivity contribution in [2.45, 2.75) is 58.7 Å². The number of amides is 1. The number of rotatable bonds is 5. The first-order chi connectivity index (χ1) is 16.2. The van der Waals surface area contributed by atoms with E-state index < -0.39 is 5.60 Å². The van der Waals surface area contributed by atoms with Gasteiger partial charge in [0.05, 0.1) is 11.9 Å². The molecule has 3 aromatic rings. The summed E-state index contributed by atoms with van der Waals surface area (Å²) in [6.45, 7) is 9.30. The maximum Gasteiger partial charge on any atom is 0.410 e. The molecule has 1 aromatic carbocycles. The van der Waals surface area contributed by atoms with Gasteiger partial charge in [-0.25, -0.2) is 9.78 Å². The summed E-state index contributed by atoms with van der Waals surface area (Å²) in [5.74, 6) is 0.556. The molecule has 180 valence electrons. The number of benzene rings is 1. The highest BCUT2D eigenvalue weighted by Gasteiger charge is 2.29. The Labute approximate surface area is 207 Å². The van der Waals surface area contributed by atoms with Crippen LogP contribution in [-0.4, -0.2) is 51.0 Å². The topological polar surface area (TPSA) is 90.6 Å². The van der Waals surface area contributed by atoms with E-state index in [0.717, 1.165) is 29.7 Å². The fraction of sp³-hybridized carbons (Fsp3) is 0.440. The number of nitrogens with zero attached hydrogens (tertiary/aromatic N) is 4. The lowest BCUT2D eigenvalue weighted by Crippen LogP contribution is -2.45. The van der Waals surface area contributed by atoms with Crippen molar-refractivity contribution in [1.82, 2.24) is 20.0 Å². The van der Waals surface area contributed by atoms with Crippen molar-refractivity contribution in [1.29, 1.82) is 0 Å². The summed E-state index contributed by atoms with van der Waals surface area (Å²) in [5.41, 5.74) is 3.49. The highest BCUT2D eigenvalue weighted by molar-refractivity contribution is 9.10. The normalized spacial score (nSPS) is 14.7. The Bertz CT molecular complexity index is 1130. The maximum atomic E-state index is 13.0. The molecular formula is C25H29BrN4O4. The molecule has 0 unspecified atom stereocenters. The first-order valence-electron chi connectivity index (χ1n) is 11.3. The zero-order chi connectivity index (χ0) is 24.3. The van der Waals surface area contributed by atoms with Gasteiger partial charge in [0.2, 0.25) is 0 Å². The predicted molar refractivity (Wildman–Crippen MR) is 131 cm³/mol. The highest BCUT2D eigenvalue weighted by Crippen LogP contribution is 2.28. The fourth-order valence-electron chi connectivity index (χ4n) is 3.82. The van der Waals surface area contributed by atoms with E-state index in [4.69, 9.17) is 14.0 Å². The summed E-state index contributed by atoms with van der Waals surface area (Å²) in [6, 6.07) is 9.92. The van der Waals surface area contributed by atoms with Crippen molar-refractivity contribution in [2.75, 3.05) is 13.2 Å². The third-order valence-electron chi connectivity index (χ3n) is 5.53. The van der Waals surface area contributed by atoms with E-state index in [1.54, 1.807) is 6.20 Å². The molecule has 0 saturated carbocycles. The Morgan fingerprint density at radius 1 is 1.21 bits per heavy atom. The number of ether oxygens (including phenoxy) is 2. The molecule has 0 aliphatic carbocycles. The fourth-order valence-corrected chi connectivity index (χ4v) is 4.10. The Morgan fingerprint density at radius 2 is 1.91 bits per heavy atom.